The zero-order chi connectivity index (χ0) is 25.3. The van der Waals surface area contributed by atoms with Crippen molar-refractivity contribution in [2.75, 3.05) is 25.4 Å². The average molecular weight is 492 g/mol. The van der Waals surface area contributed by atoms with Crippen molar-refractivity contribution >= 4 is 29.0 Å². The fourth-order valence-electron chi connectivity index (χ4n) is 4.50. The highest BCUT2D eigenvalue weighted by Gasteiger charge is 2.47. The highest BCUT2D eigenvalue weighted by molar-refractivity contribution is 5.83. The number of aliphatic hydroxyl groups excluding tert-OH is 2. The van der Waals surface area contributed by atoms with Gasteiger partial charge in [-0.1, -0.05) is 0 Å². The highest BCUT2D eigenvalue weighted by Crippen LogP contribution is 2.32. The number of amides is 2. The number of fused-ring (bicyclic) bond motifs is 1. The third kappa shape index (κ3) is 5.16. The number of anilines is 1. The van der Waals surface area contributed by atoms with Crippen LogP contribution in [-0.2, 0) is 20.7 Å². The predicted octanol–water partition coefficient (Wildman–Crippen LogP) is -0.0367. The number of nitrogens with one attached hydrogen (secondary N) is 1. The molecule has 0 aliphatic carbocycles. The number of piperidine rings is 1. The Kier molecular flexibility index (Phi) is 7.38. The van der Waals surface area contributed by atoms with Crippen molar-refractivity contribution in [3.8, 4) is 0 Å². The summed E-state index contributed by atoms with van der Waals surface area (Å²) in [5, 5.41) is 23.5. The Balaban J connectivity index is 1.49. The first-order valence-electron chi connectivity index (χ1n) is 11.9. The van der Waals surface area contributed by atoms with E-state index in [1.54, 1.807) is 11.8 Å². The maximum Gasteiger partial charge on any atom is 0.410 e. The smallest absolute Gasteiger partial charge is 0.410 e. The van der Waals surface area contributed by atoms with Crippen molar-refractivity contribution in [1.29, 1.82) is 0 Å². The Morgan fingerprint density at radius 2 is 1.97 bits per heavy atom. The standard InChI is InChI=1S/C22H33N7O6/c1-4-24-20(32)17-15(30)16(31)21(35-17)29-10-25-14-18(23)26-13(27-19(14)29)9-12-5-7-28(8-6-12)22(33)34-11(2)3/h10-12,15-17,21,30-31H,4-9H2,1-3H3,(H,24,32)(H2,23,26,27)/t15?,16?,17-,21+/m0/s1. The summed E-state index contributed by atoms with van der Waals surface area (Å²) in [6, 6.07) is 0. The van der Waals surface area contributed by atoms with Crippen molar-refractivity contribution < 1.29 is 29.3 Å². The van der Waals surface area contributed by atoms with Crippen LogP contribution in [0.2, 0.25) is 0 Å². The molecule has 35 heavy (non-hydrogen) atoms. The minimum Gasteiger partial charge on any atom is -0.447 e. The Bertz CT molecular complexity index is 1070. The molecule has 0 radical (unpaired) electrons. The van der Waals surface area contributed by atoms with Crippen molar-refractivity contribution in [1.82, 2.24) is 29.7 Å². The summed E-state index contributed by atoms with van der Waals surface area (Å²) in [6.45, 7) is 6.94. The Labute approximate surface area is 202 Å². The first-order chi connectivity index (χ1) is 16.7. The molecule has 2 saturated heterocycles. The van der Waals surface area contributed by atoms with E-state index >= 15 is 0 Å². The third-order valence-electron chi connectivity index (χ3n) is 6.30. The summed E-state index contributed by atoms with van der Waals surface area (Å²) in [5.41, 5.74) is 6.83. The van der Waals surface area contributed by atoms with Gasteiger partial charge in [-0.25, -0.2) is 19.7 Å². The number of nitrogens with zero attached hydrogens (tertiary/aromatic N) is 5. The summed E-state index contributed by atoms with van der Waals surface area (Å²) in [7, 11) is 0. The molecular formula is C22H33N7O6. The summed E-state index contributed by atoms with van der Waals surface area (Å²) >= 11 is 0. The number of likely N-dealkylation sites (tertiary alicyclic amines) is 1. The molecule has 2 unspecified atom stereocenters. The number of likely N-dealkylation sites (N-methyl/N-ethyl adjacent to an activating group) is 1. The van der Waals surface area contributed by atoms with Gasteiger partial charge in [0, 0.05) is 26.1 Å². The minimum absolute atomic E-state index is 0.159. The van der Waals surface area contributed by atoms with Crippen LogP contribution in [0.1, 0.15) is 45.7 Å². The highest BCUT2D eigenvalue weighted by atomic mass is 16.6. The monoisotopic (exact) mass is 491 g/mol. The summed E-state index contributed by atoms with van der Waals surface area (Å²) in [4.78, 5) is 39.3. The summed E-state index contributed by atoms with van der Waals surface area (Å²) in [6.07, 6.45) is -2.02. The second-order valence-corrected chi connectivity index (χ2v) is 9.24. The number of carbonyl (C=O) groups excluding carboxylic acids is 2. The van der Waals surface area contributed by atoms with Gasteiger partial charge in [-0.05, 0) is 39.5 Å². The fourth-order valence-corrected chi connectivity index (χ4v) is 4.50. The lowest BCUT2D eigenvalue weighted by Gasteiger charge is -2.31. The maximum atomic E-state index is 12.2. The topological polar surface area (TPSA) is 178 Å². The Hall–Kier alpha value is -3.03. The number of aliphatic hydroxyl groups is 2. The molecule has 4 atom stereocenters. The SMILES string of the molecule is CCNC(=O)[C@H]1O[C@@H](n2cnc3c(N)nc(CC4CCN(C(=O)OC(C)C)CC4)nc32)C(O)C1O. The molecule has 2 aliphatic heterocycles. The first-order valence-corrected chi connectivity index (χ1v) is 11.9. The van der Waals surface area contributed by atoms with Crippen molar-refractivity contribution in [3.05, 3.63) is 12.2 Å². The van der Waals surface area contributed by atoms with Crippen LogP contribution in [0.15, 0.2) is 6.33 Å². The molecule has 0 bridgehead atoms. The molecule has 13 heteroatoms. The number of hydrogen-bond acceptors (Lipinski definition) is 10. The first kappa shape index (κ1) is 25.1. The molecule has 13 nitrogen and oxygen atoms in total. The lowest BCUT2D eigenvalue weighted by molar-refractivity contribution is -0.137. The molecule has 2 aromatic heterocycles. The molecule has 0 aromatic carbocycles. The van der Waals surface area contributed by atoms with Gasteiger partial charge >= 0.3 is 6.09 Å². The van der Waals surface area contributed by atoms with Crippen molar-refractivity contribution in [2.45, 2.75) is 70.7 Å². The lowest BCUT2D eigenvalue weighted by atomic mass is 9.93. The number of aromatic nitrogens is 4. The summed E-state index contributed by atoms with van der Waals surface area (Å²) in [5.74, 6) is 0.441. The summed E-state index contributed by atoms with van der Waals surface area (Å²) < 4.78 is 12.4. The number of rotatable bonds is 6. The number of ether oxygens (including phenoxy) is 2. The van der Waals surface area contributed by atoms with Crippen LogP contribution in [0.5, 0.6) is 0 Å². The molecule has 4 rings (SSSR count). The van der Waals surface area contributed by atoms with Gasteiger partial charge in [0.2, 0.25) is 0 Å². The van der Waals surface area contributed by atoms with E-state index in [1.165, 1.54) is 10.9 Å². The van der Waals surface area contributed by atoms with Gasteiger partial charge in [-0.2, -0.15) is 0 Å². The van der Waals surface area contributed by atoms with Crippen LogP contribution in [0.25, 0.3) is 11.2 Å². The number of imidazole rings is 1. The van der Waals surface area contributed by atoms with E-state index in [1.807, 2.05) is 13.8 Å². The zero-order valence-electron chi connectivity index (χ0n) is 20.1. The lowest BCUT2D eigenvalue weighted by Crippen LogP contribution is -2.42. The largest absolute Gasteiger partial charge is 0.447 e. The van der Waals surface area contributed by atoms with Crippen LogP contribution >= 0.6 is 0 Å². The molecule has 5 N–H and O–H groups in total. The van der Waals surface area contributed by atoms with E-state index in [0.717, 1.165) is 12.8 Å². The van der Waals surface area contributed by atoms with E-state index in [0.29, 0.717) is 43.0 Å². The Morgan fingerprint density at radius 1 is 1.26 bits per heavy atom. The van der Waals surface area contributed by atoms with E-state index < -0.39 is 30.4 Å². The molecule has 192 valence electrons. The van der Waals surface area contributed by atoms with Crippen LogP contribution in [0.4, 0.5) is 10.6 Å². The normalized spacial score (nSPS) is 25.4. The zero-order valence-corrected chi connectivity index (χ0v) is 20.1. The molecule has 2 aliphatic rings. The van der Waals surface area contributed by atoms with Gasteiger partial charge in [0.1, 0.15) is 23.5 Å². The molecule has 4 heterocycles. The molecular weight excluding hydrogens is 458 g/mol. The van der Waals surface area contributed by atoms with Crippen molar-refractivity contribution in [3.63, 3.8) is 0 Å². The minimum atomic E-state index is -1.41. The number of nitrogens with two attached hydrogens (primary N) is 1. The molecule has 2 fully saturated rings. The number of carbonyl (C=O) groups is 2. The maximum absolute atomic E-state index is 12.2. The van der Waals surface area contributed by atoms with Gasteiger partial charge < -0.3 is 35.6 Å². The molecule has 2 aromatic rings. The van der Waals surface area contributed by atoms with Gasteiger partial charge in [0.05, 0.1) is 12.4 Å². The van der Waals surface area contributed by atoms with E-state index in [4.69, 9.17) is 15.2 Å². The molecule has 0 spiro atoms. The quantitative estimate of drug-likeness (QED) is 0.429. The second-order valence-electron chi connectivity index (χ2n) is 9.24. The van der Waals surface area contributed by atoms with Crippen LogP contribution in [0, 0.1) is 5.92 Å². The van der Waals surface area contributed by atoms with Crippen molar-refractivity contribution in [2.24, 2.45) is 5.92 Å². The van der Waals surface area contributed by atoms with E-state index in [-0.39, 0.29) is 23.9 Å². The van der Waals surface area contributed by atoms with Gasteiger partial charge in [-0.3, -0.25) is 9.36 Å². The van der Waals surface area contributed by atoms with Crippen LogP contribution < -0.4 is 11.1 Å². The Morgan fingerprint density at radius 3 is 2.63 bits per heavy atom. The van der Waals surface area contributed by atoms with E-state index in [2.05, 4.69) is 20.3 Å². The molecule has 0 saturated carbocycles. The van der Waals surface area contributed by atoms with Gasteiger partial charge in [0.25, 0.3) is 5.91 Å². The second kappa shape index (κ2) is 10.3. The predicted molar refractivity (Wildman–Crippen MR) is 124 cm³/mol. The third-order valence-corrected chi connectivity index (χ3v) is 6.30. The number of nitrogen functional groups attached to an aromatic ring is 1. The average Bonchev–Trinajstić information content (AvgIpc) is 3.35. The number of hydrogen-bond donors (Lipinski definition) is 4. The fraction of sp³-hybridized carbons (Fsp3) is 0.682. The van der Waals surface area contributed by atoms with E-state index in [9.17, 15) is 19.8 Å². The van der Waals surface area contributed by atoms with Crippen LogP contribution in [-0.4, -0.2) is 90.7 Å². The van der Waals surface area contributed by atoms with Crippen LogP contribution in [0.3, 0.4) is 0 Å². The van der Waals surface area contributed by atoms with Gasteiger partial charge in [-0.15, -0.1) is 0 Å². The molecule has 2 amide bonds. The van der Waals surface area contributed by atoms with Gasteiger partial charge in [0.15, 0.2) is 23.8 Å².